The van der Waals surface area contributed by atoms with Crippen molar-refractivity contribution >= 4 is 12.1 Å². The molecule has 0 aromatic carbocycles. The highest BCUT2D eigenvalue weighted by atomic mass is 16.6. The van der Waals surface area contributed by atoms with Gasteiger partial charge in [-0.25, -0.2) is 4.79 Å². The van der Waals surface area contributed by atoms with Gasteiger partial charge >= 0.3 is 6.09 Å². The predicted octanol–water partition coefficient (Wildman–Crippen LogP) is 2.43. The number of guanidine groups is 1. The van der Waals surface area contributed by atoms with Crippen LogP contribution in [0.1, 0.15) is 54.9 Å². The van der Waals surface area contributed by atoms with Crippen LogP contribution in [0.2, 0.25) is 0 Å². The number of carbonyl (C=O) groups excluding carboxylic acids is 1. The summed E-state index contributed by atoms with van der Waals surface area (Å²) in [4.78, 5) is 18.5. The molecule has 0 aliphatic carbocycles. The predicted molar refractivity (Wildman–Crippen MR) is 110 cm³/mol. The molecule has 0 aliphatic rings. The van der Waals surface area contributed by atoms with E-state index in [-0.39, 0.29) is 0 Å². The van der Waals surface area contributed by atoms with Crippen LogP contribution in [-0.4, -0.2) is 68.4 Å². The third-order valence-electron chi connectivity index (χ3n) is 3.74. The summed E-state index contributed by atoms with van der Waals surface area (Å²) in [6.45, 7) is 15.2. The second-order valence-electron chi connectivity index (χ2n) is 9.06. The molecule has 0 aliphatic heterocycles. The molecule has 1 unspecified atom stereocenters. The number of alkyl carbamates (subject to hydrolysis) is 1. The Kier molecular flexibility index (Phi) is 9.99. The Morgan fingerprint density at radius 3 is 2.12 bits per heavy atom. The normalized spacial score (nSPS) is 14.4. The van der Waals surface area contributed by atoms with Crippen LogP contribution in [0.25, 0.3) is 0 Å². The fourth-order valence-corrected chi connectivity index (χ4v) is 2.38. The zero-order valence-electron chi connectivity index (χ0n) is 18.5. The van der Waals surface area contributed by atoms with Crippen molar-refractivity contribution in [1.82, 2.24) is 20.9 Å². The zero-order chi connectivity index (χ0) is 20.5. The summed E-state index contributed by atoms with van der Waals surface area (Å²) in [5.41, 5.74) is -0.984. The Morgan fingerprint density at radius 2 is 1.69 bits per heavy atom. The number of carbonyl (C=O) groups is 1. The van der Waals surface area contributed by atoms with E-state index in [4.69, 9.17) is 4.74 Å². The molecule has 0 saturated carbocycles. The highest BCUT2D eigenvalue weighted by molar-refractivity contribution is 5.79. The molecule has 0 heterocycles. The van der Waals surface area contributed by atoms with Gasteiger partial charge in [0.25, 0.3) is 0 Å². The van der Waals surface area contributed by atoms with Gasteiger partial charge in [0.1, 0.15) is 5.60 Å². The average molecular weight is 372 g/mol. The van der Waals surface area contributed by atoms with Gasteiger partial charge in [-0.15, -0.1) is 0 Å². The molecule has 1 atom stereocenters. The third kappa shape index (κ3) is 12.0. The molecule has 0 aromatic rings. The van der Waals surface area contributed by atoms with Crippen molar-refractivity contribution in [3.63, 3.8) is 0 Å². The lowest BCUT2D eigenvalue weighted by molar-refractivity contribution is 0.0474. The first-order valence-corrected chi connectivity index (χ1v) is 9.38. The summed E-state index contributed by atoms with van der Waals surface area (Å²) >= 11 is 0. The molecule has 0 aromatic heterocycles. The number of nitrogens with one attached hydrogen (secondary N) is 3. The summed E-state index contributed by atoms with van der Waals surface area (Å²) < 4.78 is 5.32. The van der Waals surface area contributed by atoms with Crippen LogP contribution in [0.3, 0.4) is 0 Å². The fourth-order valence-electron chi connectivity index (χ4n) is 2.38. The van der Waals surface area contributed by atoms with Gasteiger partial charge in [-0.3, -0.25) is 4.99 Å². The van der Waals surface area contributed by atoms with Crippen LogP contribution < -0.4 is 16.0 Å². The first-order chi connectivity index (χ1) is 11.8. The maximum atomic E-state index is 12.0. The highest BCUT2D eigenvalue weighted by Crippen LogP contribution is 2.09. The Bertz CT molecular complexity index is 453. The van der Waals surface area contributed by atoms with E-state index in [1.165, 1.54) is 0 Å². The van der Waals surface area contributed by atoms with E-state index in [0.717, 1.165) is 18.9 Å². The van der Waals surface area contributed by atoms with Crippen molar-refractivity contribution < 1.29 is 9.53 Å². The fraction of sp³-hybridized carbons (Fsp3) is 0.895. The number of likely N-dealkylation sites (N-methyl/N-ethyl adjacent to an activating group) is 1. The zero-order valence-corrected chi connectivity index (χ0v) is 18.5. The molecule has 1 amide bonds. The minimum Gasteiger partial charge on any atom is -0.444 e. The van der Waals surface area contributed by atoms with E-state index in [1.54, 1.807) is 7.05 Å². The first kappa shape index (κ1) is 24.5. The van der Waals surface area contributed by atoms with Crippen molar-refractivity contribution in [2.45, 2.75) is 72.1 Å². The molecule has 7 heteroatoms. The molecule has 0 radical (unpaired) electrons. The second kappa shape index (κ2) is 10.6. The topological polar surface area (TPSA) is 78.0 Å². The largest absolute Gasteiger partial charge is 0.444 e. The van der Waals surface area contributed by atoms with E-state index in [2.05, 4.69) is 53.8 Å². The summed E-state index contributed by atoms with van der Waals surface area (Å²) in [5, 5.41) is 9.54. The maximum Gasteiger partial charge on any atom is 0.408 e. The standard InChI is InChI=1S/C19H41N5O2/c1-14(2)11-15(24(9)10)12-21-16(20-8)22-13-19(6,7)23-17(25)26-18(3,4)5/h14-15H,11-13H2,1-10H3,(H,23,25)(H2,20,21,22). The van der Waals surface area contributed by atoms with E-state index in [9.17, 15) is 4.79 Å². The molecule has 7 nitrogen and oxygen atoms in total. The van der Waals surface area contributed by atoms with Crippen molar-refractivity contribution in [2.24, 2.45) is 10.9 Å². The SMILES string of the molecule is CN=C(NCC(CC(C)C)N(C)C)NCC(C)(C)NC(=O)OC(C)(C)C. The van der Waals surface area contributed by atoms with Crippen molar-refractivity contribution in [3.05, 3.63) is 0 Å². The average Bonchev–Trinajstić information content (AvgIpc) is 2.42. The minimum absolute atomic E-state index is 0.420. The lowest BCUT2D eigenvalue weighted by Crippen LogP contribution is -2.55. The van der Waals surface area contributed by atoms with Crippen LogP contribution in [0.15, 0.2) is 4.99 Å². The second-order valence-corrected chi connectivity index (χ2v) is 9.06. The number of hydrogen-bond acceptors (Lipinski definition) is 4. The summed E-state index contributed by atoms with van der Waals surface area (Å²) in [7, 11) is 5.94. The molecule has 0 rings (SSSR count). The number of hydrogen-bond donors (Lipinski definition) is 3. The van der Waals surface area contributed by atoms with Gasteiger partial charge in [0, 0.05) is 26.2 Å². The summed E-state index contributed by atoms with van der Waals surface area (Å²) in [6, 6.07) is 0.432. The van der Waals surface area contributed by atoms with Gasteiger partial charge in [-0.1, -0.05) is 13.8 Å². The van der Waals surface area contributed by atoms with Gasteiger partial charge < -0.3 is 25.6 Å². The summed E-state index contributed by atoms with van der Waals surface area (Å²) in [5.74, 6) is 1.36. The Hall–Kier alpha value is -1.50. The molecule has 0 fully saturated rings. The molecule has 0 saturated heterocycles. The lowest BCUT2D eigenvalue weighted by atomic mass is 10.0. The van der Waals surface area contributed by atoms with Crippen LogP contribution in [-0.2, 0) is 4.74 Å². The molecule has 0 bridgehead atoms. The van der Waals surface area contributed by atoms with Crippen LogP contribution >= 0.6 is 0 Å². The number of rotatable bonds is 8. The molecule has 0 spiro atoms. The van der Waals surface area contributed by atoms with E-state index < -0.39 is 17.2 Å². The van der Waals surface area contributed by atoms with Gasteiger partial charge in [-0.2, -0.15) is 0 Å². The van der Waals surface area contributed by atoms with E-state index in [0.29, 0.717) is 18.5 Å². The van der Waals surface area contributed by atoms with Crippen LogP contribution in [0, 0.1) is 5.92 Å². The number of ether oxygens (including phenoxy) is 1. The van der Waals surface area contributed by atoms with Crippen molar-refractivity contribution in [3.8, 4) is 0 Å². The number of nitrogens with zero attached hydrogens (tertiary/aromatic N) is 2. The quantitative estimate of drug-likeness (QED) is 0.451. The minimum atomic E-state index is -0.511. The lowest BCUT2D eigenvalue weighted by Gasteiger charge is -2.30. The molecule has 26 heavy (non-hydrogen) atoms. The van der Waals surface area contributed by atoms with Crippen molar-refractivity contribution in [1.29, 1.82) is 0 Å². The smallest absolute Gasteiger partial charge is 0.408 e. The van der Waals surface area contributed by atoms with Gasteiger partial charge in [0.05, 0.1) is 5.54 Å². The Morgan fingerprint density at radius 1 is 1.12 bits per heavy atom. The Balaban J connectivity index is 4.53. The van der Waals surface area contributed by atoms with Crippen LogP contribution in [0.4, 0.5) is 4.79 Å². The first-order valence-electron chi connectivity index (χ1n) is 9.38. The molecular weight excluding hydrogens is 330 g/mol. The van der Waals surface area contributed by atoms with Crippen molar-refractivity contribution in [2.75, 3.05) is 34.2 Å². The van der Waals surface area contributed by atoms with Gasteiger partial charge in [-0.05, 0) is 61.1 Å². The van der Waals surface area contributed by atoms with E-state index in [1.807, 2.05) is 34.6 Å². The number of aliphatic imine (C=N–C) groups is 1. The van der Waals surface area contributed by atoms with Gasteiger partial charge in [0.15, 0.2) is 5.96 Å². The highest BCUT2D eigenvalue weighted by Gasteiger charge is 2.25. The van der Waals surface area contributed by atoms with Crippen LogP contribution in [0.5, 0.6) is 0 Å². The molecule has 154 valence electrons. The maximum absolute atomic E-state index is 12.0. The monoisotopic (exact) mass is 371 g/mol. The van der Waals surface area contributed by atoms with Gasteiger partial charge in [0.2, 0.25) is 0 Å². The van der Waals surface area contributed by atoms with E-state index >= 15 is 0 Å². The Labute approximate surface area is 160 Å². The molecule has 3 N–H and O–H groups in total. The summed E-state index contributed by atoms with van der Waals surface area (Å²) in [6.07, 6.45) is 0.694. The molecular formula is C19H41N5O2. The number of amides is 1. The third-order valence-corrected chi connectivity index (χ3v) is 3.74.